The fourth-order valence-corrected chi connectivity index (χ4v) is 2.96. The molecule has 0 radical (unpaired) electrons. The van der Waals surface area contributed by atoms with Crippen molar-refractivity contribution in [3.63, 3.8) is 0 Å². The minimum atomic E-state index is -0.815. The third-order valence-electron chi connectivity index (χ3n) is 4.06. The number of fused-ring (bicyclic) bond motifs is 2. The predicted molar refractivity (Wildman–Crippen MR) is 80.3 cm³/mol. The largest absolute Gasteiger partial charge is 0.463 e. The first-order valence-electron chi connectivity index (χ1n) is 7.47. The van der Waals surface area contributed by atoms with Gasteiger partial charge in [-0.25, -0.2) is 4.79 Å². The summed E-state index contributed by atoms with van der Waals surface area (Å²) in [5.74, 6) is -0.294. The van der Waals surface area contributed by atoms with E-state index in [-0.39, 0.29) is 6.61 Å². The minimum absolute atomic E-state index is 0.289. The highest BCUT2D eigenvalue weighted by Gasteiger charge is 2.37. The number of ether oxygens (including phenoxy) is 3. The monoisotopic (exact) mass is 310 g/mol. The average Bonchev–Trinajstić information content (AvgIpc) is 2.97. The van der Waals surface area contributed by atoms with Crippen molar-refractivity contribution in [1.82, 2.24) is 0 Å². The lowest BCUT2D eigenvalue weighted by Gasteiger charge is -2.27. The summed E-state index contributed by atoms with van der Waals surface area (Å²) in [4.78, 5) is 24.3. The topological polar surface area (TPSA) is 61.8 Å². The van der Waals surface area contributed by atoms with Crippen molar-refractivity contribution < 1.29 is 23.8 Å². The second-order valence-corrected chi connectivity index (χ2v) is 5.49. The molecular formula is C18H14O5. The second kappa shape index (κ2) is 5.43. The van der Waals surface area contributed by atoms with Gasteiger partial charge >= 0.3 is 11.9 Å². The zero-order valence-electron chi connectivity index (χ0n) is 12.2. The lowest BCUT2D eigenvalue weighted by Crippen LogP contribution is -2.28. The Labute approximate surface area is 132 Å². The highest BCUT2D eigenvalue weighted by Crippen LogP contribution is 2.44. The Morgan fingerprint density at radius 3 is 2.17 bits per heavy atom. The van der Waals surface area contributed by atoms with Crippen LogP contribution in [0.1, 0.15) is 23.5 Å². The maximum atomic E-state index is 12.7. The summed E-state index contributed by atoms with van der Waals surface area (Å²) in [7, 11) is 0. The second-order valence-electron chi connectivity index (χ2n) is 5.49. The fourth-order valence-electron chi connectivity index (χ4n) is 2.96. The standard InChI is InChI=1S/C18H14O5/c19-17-15(9-10-21-17)23-18(20)16-11-5-1-3-7-13(11)22-14-8-4-2-6-12(14)16/h1-8,15-16H,9-10H2. The van der Waals surface area contributed by atoms with Crippen molar-refractivity contribution in [3.8, 4) is 11.5 Å². The Morgan fingerprint density at radius 2 is 1.61 bits per heavy atom. The van der Waals surface area contributed by atoms with Crippen LogP contribution in [0, 0.1) is 0 Å². The molecule has 2 aromatic carbocycles. The molecule has 4 rings (SSSR count). The van der Waals surface area contributed by atoms with E-state index in [1.54, 1.807) is 0 Å². The summed E-state index contributed by atoms with van der Waals surface area (Å²) in [6, 6.07) is 14.7. The van der Waals surface area contributed by atoms with E-state index < -0.39 is 24.0 Å². The van der Waals surface area contributed by atoms with E-state index in [0.717, 1.165) is 11.1 Å². The van der Waals surface area contributed by atoms with E-state index in [1.165, 1.54) is 0 Å². The molecule has 0 amide bonds. The Balaban J connectivity index is 1.72. The van der Waals surface area contributed by atoms with Crippen LogP contribution < -0.4 is 4.74 Å². The molecule has 23 heavy (non-hydrogen) atoms. The van der Waals surface area contributed by atoms with Gasteiger partial charge in [-0.1, -0.05) is 36.4 Å². The van der Waals surface area contributed by atoms with Gasteiger partial charge in [0.1, 0.15) is 17.4 Å². The first-order valence-corrected chi connectivity index (χ1v) is 7.47. The van der Waals surface area contributed by atoms with E-state index in [0.29, 0.717) is 17.9 Å². The van der Waals surface area contributed by atoms with Gasteiger partial charge in [0, 0.05) is 17.5 Å². The van der Waals surface area contributed by atoms with E-state index in [9.17, 15) is 9.59 Å². The van der Waals surface area contributed by atoms with Gasteiger partial charge in [-0.2, -0.15) is 0 Å². The Hall–Kier alpha value is -2.82. The molecule has 1 unspecified atom stereocenters. The Morgan fingerprint density at radius 1 is 1.00 bits per heavy atom. The average molecular weight is 310 g/mol. The number of hydrogen-bond donors (Lipinski definition) is 0. The summed E-state index contributed by atoms with van der Waals surface area (Å²) >= 11 is 0. The normalized spacial score (nSPS) is 19.3. The first-order chi connectivity index (χ1) is 11.2. The number of rotatable bonds is 2. The number of para-hydroxylation sites is 2. The highest BCUT2D eigenvalue weighted by molar-refractivity contribution is 5.88. The maximum absolute atomic E-state index is 12.7. The molecular weight excluding hydrogens is 296 g/mol. The minimum Gasteiger partial charge on any atom is -0.463 e. The maximum Gasteiger partial charge on any atom is 0.347 e. The van der Waals surface area contributed by atoms with Crippen molar-refractivity contribution in [1.29, 1.82) is 0 Å². The van der Waals surface area contributed by atoms with Crippen LogP contribution in [0.3, 0.4) is 0 Å². The molecule has 1 fully saturated rings. The molecule has 2 aliphatic heterocycles. The van der Waals surface area contributed by atoms with Crippen LogP contribution in [0.15, 0.2) is 48.5 Å². The van der Waals surface area contributed by atoms with Crippen molar-refractivity contribution in [2.45, 2.75) is 18.4 Å². The van der Waals surface area contributed by atoms with Gasteiger partial charge in [-0.15, -0.1) is 0 Å². The molecule has 0 aromatic heterocycles. The smallest absolute Gasteiger partial charge is 0.347 e. The van der Waals surface area contributed by atoms with Crippen LogP contribution in [0.5, 0.6) is 11.5 Å². The fraction of sp³-hybridized carbons (Fsp3) is 0.222. The molecule has 0 bridgehead atoms. The molecule has 1 saturated heterocycles. The van der Waals surface area contributed by atoms with Crippen LogP contribution in [-0.4, -0.2) is 24.6 Å². The third-order valence-corrected chi connectivity index (χ3v) is 4.06. The molecule has 116 valence electrons. The number of esters is 2. The van der Waals surface area contributed by atoms with Crippen LogP contribution in [-0.2, 0) is 19.1 Å². The Kier molecular flexibility index (Phi) is 3.26. The van der Waals surface area contributed by atoms with Gasteiger partial charge in [0.05, 0.1) is 6.61 Å². The molecule has 0 saturated carbocycles. The van der Waals surface area contributed by atoms with E-state index in [1.807, 2.05) is 48.5 Å². The molecule has 0 spiro atoms. The van der Waals surface area contributed by atoms with Crippen LogP contribution >= 0.6 is 0 Å². The molecule has 1 atom stereocenters. The zero-order valence-corrected chi connectivity index (χ0v) is 12.2. The van der Waals surface area contributed by atoms with Gasteiger partial charge in [0.2, 0.25) is 6.10 Å². The third kappa shape index (κ3) is 2.34. The predicted octanol–water partition coefficient (Wildman–Crippen LogP) is 2.78. The molecule has 0 N–H and O–H groups in total. The molecule has 2 aromatic rings. The van der Waals surface area contributed by atoms with E-state index in [4.69, 9.17) is 14.2 Å². The molecule has 0 aliphatic carbocycles. The summed E-state index contributed by atoms with van der Waals surface area (Å²) < 4.78 is 16.1. The van der Waals surface area contributed by atoms with Crippen LogP contribution in [0.2, 0.25) is 0 Å². The van der Waals surface area contributed by atoms with E-state index >= 15 is 0 Å². The van der Waals surface area contributed by atoms with Crippen molar-refractivity contribution in [3.05, 3.63) is 59.7 Å². The van der Waals surface area contributed by atoms with Crippen LogP contribution in [0.25, 0.3) is 0 Å². The number of carbonyl (C=O) groups is 2. The summed E-state index contributed by atoms with van der Waals surface area (Å²) in [6.07, 6.45) is -0.415. The molecule has 2 aliphatic rings. The van der Waals surface area contributed by atoms with Crippen molar-refractivity contribution in [2.24, 2.45) is 0 Å². The van der Waals surface area contributed by atoms with Crippen molar-refractivity contribution >= 4 is 11.9 Å². The zero-order chi connectivity index (χ0) is 15.8. The van der Waals surface area contributed by atoms with Crippen LogP contribution in [0.4, 0.5) is 0 Å². The summed E-state index contributed by atoms with van der Waals surface area (Å²) in [5, 5.41) is 0. The van der Waals surface area contributed by atoms with Gasteiger partial charge in [0.15, 0.2) is 0 Å². The van der Waals surface area contributed by atoms with Gasteiger partial charge < -0.3 is 14.2 Å². The SMILES string of the molecule is O=C1OCCC1OC(=O)C1c2ccccc2Oc2ccccc21. The number of benzene rings is 2. The molecule has 5 nitrogen and oxygen atoms in total. The Bertz CT molecular complexity index is 737. The molecule has 2 heterocycles. The van der Waals surface area contributed by atoms with Gasteiger partial charge in [-0.05, 0) is 12.1 Å². The molecule has 5 heteroatoms. The van der Waals surface area contributed by atoms with Crippen molar-refractivity contribution in [2.75, 3.05) is 6.61 Å². The number of hydrogen-bond acceptors (Lipinski definition) is 5. The lowest BCUT2D eigenvalue weighted by molar-refractivity contribution is -0.160. The number of carbonyl (C=O) groups excluding carboxylic acids is 2. The van der Waals surface area contributed by atoms with E-state index in [2.05, 4.69) is 0 Å². The quantitative estimate of drug-likeness (QED) is 0.798. The first kappa shape index (κ1) is 13.8. The summed E-state index contributed by atoms with van der Waals surface area (Å²) in [5.41, 5.74) is 1.48. The van der Waals surface area contributed by atoms with Gasteiger partial charge in [-0.3, -0.25) is 4.79 Å². The van der Waals surface area contributed by atoms with Gasteiger partial charge in [0.25, 0.3) is 0 Å². The summed E-state index contributed by atoms with van der Waals surface area (Å²) in [6.45, 7) is 0.289. The number of cyclic esters (lactones) is 1. The lowest BCUT2D eigenvalue weighted by atomic mass is 9.88. The highest BCUT2D eigenvalue weighted by atomic mass is 16.6.